The van der Waals surface area contributed by atoms with Crippen LogP contribution in [0, 0.1) is 0 Å². The standard InChI is InChI=1S/C21H26N4O2/c1-26-19-10-7-17(13-20(19)27-2)15-24-21(22)23-14-16-5-8-18(9-6-16)25-11-3-4-12-25/h3-10,13H,11-12,14-15H2,1-2H3,(H3,22,23,24). The Morgan fingerprint density at radius 3 is 2.33 bits per heavy atom. The number of benzene rings is 2. The number of ether oxygens (including phenoxy) is 2. The average molecular weight is 366 g/mol. The van der Waals surface area contributed by atoms with Crippen LogP contribution in [0.1, 0.15) is 11.1 Å². The molecule has 2 aromatic rings. The fraction of sp³-hybridized carbons (Fsp3) is 0.286. The molecule has 0 aliphatic carbocycles. The number of nitrogens with two attached hydrogens (primary N) is 1. The first-order valence-electron chi connectivity index (χ1n) is 8.93. The molecule has 142 valence electrons. The summed E-state index contributed by atoms with van der Waals surface area (Å²) in [5.74, 6) is 1.80. The molecule has 0 atom stereocenters. The Balaban J connectivity index is 1.52. The highest BCUT2D eigenvalue weighted by Crippen LogP contribution is 2.27. The van der Waals surface area contributed by atoms with Gasteiger partial charge in [0, 0.05) is 25.3 Å². The van der Waals surface area contributed by atoms with E-state index < -0.39 is 0 Å². The van der Waals surface area contributed by atoms with Gasteiger partial charge in [-0.2, -0.15) is 0 Å². The number of rotatable bonds is 7. The van der Waals surface area contributed by atoms with Crippen molar-refractivity contribution in [3.8, 4) is 11.5 Å². The number of methoxy groups -OCH3 is 2. The summed E-state index contributed by atoms with van der Waals surface area (Å²) in [5.41, 5.74) is 9.39. The van der Waals surface area contributed by atoms with Crippen molar-refractivity contribution >= 4 is 11.6 Å². The molecule has 1 aliphatic rings. The highest BCUT2D eigenvalue weighted by atomic mass is 16.5. The van der Waals surface area contributed by atoms with Gasteiger partial charge in [0.15, 0.2) is 17.5 Å². The molecule has 0 unspecified atom stereocenters. The topological polar surface area (TPSA) is 72.1 Å². The van der Waals surface area contributed by atoms with Crippen LogP contribution in [0.4, 0.5) is 5.69 Å². The van der Waals surface area contributed by atoms with Gasteiger partial charge >= 0.3 is 0 Å². The Morgan fingerprint density at radius 2 is 1.67 bits per heavy atom. The van der Waals surface area contributed by atoms with Crippen LogP contribution in [0.5, 0.6) is 11.5 Å². The molecule has 6 heteroatoms. The molecule has 0 radical (unpaired) electrons. The minimum absolute atomic E-state index is 0.414. The average Bonchev–Trinajstić information content (AvgIpc) is 3.25. The molecule has 6 nitrogen and oxygen atoms in total. The Hall–Kier alpha value is -3.15. The normalized spacial score (nSPS) is 13.7. The van der Waals surface area contributed by atoms with Gasteiger partial charge in [0.1, 0.15) is 0 Å². The van der Waals surface area contributed by atoms with Crippen LogP contribution in [0.3, 0.4) is 0 Å². The third-order valence-corrected chi connectivity index (χ3v) is 4.47. The fourth-order valence-electron chi connectivity index (χ4n) is 2.92. The maximum Gasteiger partial charge on any atom is 0.189 e. The summed E-state index contributed by atoms with van der Waals surface area (Å²) in [6, 6.07) is 14.2. The lowest BCUT2D eigenvalue weighted by Gasteiger charge is -2.17. The second kappa shape index (κ2) is 8.98. The van der Waals surface area contributed by atoms with Crippen molar-refractivity contribution in [1.82, 2.24) is 5.32 Å². The number of guanidine groups is 1. The second-order valence-corrected chi connectivity index (χ2v) is 6.29. The van der Waals surface area contributed by atoms with E-state index in [1.807, 2.05) is 18.2 Å². The van der Waals surface area contributed by atoms with Crippen LogP contribution in [-0.4, -0.2) is 33.3 Å². The summed E-state index contributed by atoms with van der Waals surface area (Å²) in [4.78, 5) is 6.71. The maximum atomic E-state index is 5.99. The van der Waals surface area contributed by atoms with E-state index in [0.717, 1.165) is 24.2 Å². The lowest BCUT2D eigenvalue weighted by Crippen LogP contribution is -2.31. The predicted molar refractivity (Wildman–Crippen MR) is 110 cm³/mol. The molecule has 0 fully saturated rings. The minimum atomic E-state index is 0.414. The van der Waals surface area contributed by atoms with Crippen molar-refractivity contribution in [3.05, 3.63) is 65.7 Å². The van der Waals surface area contributed by atoms with Crippen LogP contribution >= 0.6 is 0 Å². The van der Waals surface area contributed by atoms with Crippen molar-refractivity contribution in [2.75, 3.05) is 32.2 Å². The quantitative estimate of drug-likeness (QED) is 0.448. The van der Waals surface area contributed by atoms with Crippen LogP contribution in [-0.2, 0) is 13.1 Å². The zero-order valence-electron chi connectivity index (χ0n) is 15.8. The lowest BCUT2D eigenvalue weighted by molar-refractivity contribution is 0.354. The monoisotopic (exact) mass is 366 g/mol. The number of anilines is 1. The van der Waals surface area contributed by atoms with E-state index in [2.05, 4.69) is 51.6 Å². The highest BCUT2D eigenvalue weighted by molar-refractivity contribution is 5.77. The van der Waals surface area contributed by atoms with E-state index in [1.165, 1.54) is 5.69 Å². The lowest BCUT2D eigenvalue weighted by atomic mass is 10.2. The summed E-state index contributed by atoms with van der Waals surface area (Å²) < 4.78 is 10.5. The van der Waals surface area contributed by atoms with Gasteiger partial charge in [-0.05, 0) is 35.4 Å². The van der Waals surface area contributed by atoms with Gasteiger partial charge in [-0.15, -0.1) is 0 Å². The first-order valence-corrected chi connectivity index (χ1v) is 8.93. The van der Waals surface area contributed by atoms with E-state index in [-0.39, 0.29) is 0 Å². The van der Waals surface area contributed by atoms with Crippen molar-refractivity contribution < 1.29 is 9.47 Å². The highest BCUT2D eigenvalue weighted by Gasteiger charge is 2.07. The van der Waals surface area contributed by atoms with Gasteiger partial charge in [0.2, 0.25) is 0 Å². The molecule has 0 saturated heterocycles. The molecule has 0 saturated carbocycles. The van der Waals surface area contributed by atoms with Gasteiger partial charge in [-0.1, -0.05) is 30.4 Å². The predicted octanol–water partition coefficient (Wildman–Crippen LogP) is 2.68. The van der Waals surface area contributed by atoms with E-state index in [1.54, 1.807) is 14.2 Å². The van der Waals surface area contributed by atoms with Crippen LogP contribution in [0.25, 0.3) is 0 Å². The van der Waals surface area contributed by atoms with Crippen LogP contribution < -0.4 is 25.4 Å². The molecule has 3 N–H and O–H groups in total. The molecule has 1 aliphatic heterocycles. The first-order chi connectivity index (χ1) is 13.2. The minimum Gasteiger partial charge on any atom is -0.493 e. The number of aliphatic imine (C=N–C) groups is 1. The summed E-state index contributed by atoms with van der Waals surface area (Å²) in [6.07, 6.45) is 4.37. The smallest absolute Gasteiger partial charge is 0.189 e. The molecule has 27 heavy (non-hydrogen) atoms. The van der Waals surface area contributed by atoms with E-state index >= 15 is 0 Å². The number of nitrogens with one attached hydrogen (secondary N) is 1. The van der Waals surface area contributed by atoms with Crippen molar-refractivity contribution in [2.24, 2.45) is 10.7 Å². The third-order valence-electron chi connectivity index (χ3n) is 4.47. The zero-order valence-corrected chi connectivity index (χ0v) is 15.8. The largest absolute Gasteiger partial charge is 0.493 e. The van der Waals surface area contributed by atoms with E-state index in [0.29, 0.717) is 30.5 Å². The van der Waals surface area contributed by atoms with Crippen molar-refractivity contribution in [2.45, 2.75) is 13.1 Å². The summed E-state index contributed by atoms with van der Waals surface area (Å²) in [7, 11) is 3.23. The first kappa shape index (κ1) is 18.6. The van der Waals surface area contributed by atoms with Crippen molar-refractivity contribution in [3.63, 3.8) is 0 Å². The Labute approximate surface area is 160 Å². The summed E-state index contributed by atoms with van der Waals surface area (Å²) in [6.45, 7) is 3.07. The van der Waals surface area contributed by atoms with Crippen LogP contribution in [0.15, 0.2) is 59.6 Å². The van der Waals surface area contributed by atoms with Crippen LogP contribution in [0.2, 0.25) is 0 Å². The number of nitrogens with zero attached hydrogens (tertiary/aromatic N) is 2. The van der Waals surface area contributed by atoms with E-state index in [4.69, 9.17) is 15.2 Å². The van der Waals surface area contributed by atoms with E-state index in [9.17, 15) is 0 Å². The molecular weight excluding hydrogens is 340 g/mol. The molecule has 1 heterocycles. The third kappa shape index (κ3) is 4.94. The molecule has 0 spiro atoms. The van der Waals surface area contributed by atoms with Gasteiger partial charge < -0.3 is 25.4 Å². The molecule has 0 bridgehead atoms. The summed E-state index contributed by atoms with van der Waals surface area (Å²) >= 11 is 0. The molecule has 0 amide bonds. The molecule has 3 rings (SSSR count). The maximum absolute atomic E-state index is 5.99. The van der Waals surface area contributed by atoms with Gasteiger partial charge in [-0.3, -0.25) is 0 Å². The number of hydrogen-bond acceptors (Lipinski definition) is 4. The Morgan fingerprint density at radius 1 is 1.00 bits per heavy atom. The van der Waals surface area contributed by atoms with Gasteiger partial charge in [-0.25, -0.2) is 4.99 Å². The Bertz CT molecular complexity index is 807. The van der Waals surface area contributed by atoms with Gasteiger partial charge in [0.25, 0.3) is 0 Å². The summed E-state index contributed by atoms with van der Waals surface area (Å²) in [5, 5.41) is 3.16. The number of hydrogen-bond donors (Lipinski definition) is 2. The van der Waals surface area contributed by atoms with Crippen molar-refractivity contribution in [1.29, 1.82) is 0 Å². The Kier molecular flexibility index (Phi) is 6.20. The molecule has 0 aromatic heterocycles. The second-order valence-electron chi connectivity index (χ2n) is 6.29. The molecular formula is C21H26N4O2. The zero-order chi connectivity index (χ0) is 19.1. The fourth-order valence-corrected chi connectivity index (χ4v) is 2.92. The van der Waals surface area contributed by atoms with Gasteiger partial charge in [0.05, 0.1) is 20.8 Å². The SMILES string of the molecule is COc1ccc(CN=C(N)NCc2ccc(N3CC=CC3)cc2)cc1OC. The molecule has 2 aromatic carbocycles.